The van der Waals surface area contributed by atoms with Crippen LogP contribution in [0.1, 0.15) is 0 Å². The van der Waals surface area contributed by atoms with Gasteiger partial charge >= 0.3 is 0 Å². The van der Waals surface area contributed by atoms with Gasteiger partial charge in [-0.3, -0.25) is 0 Å². The molecule has 0 aromatic carbocycles. The Hall–Kier alpha value is -0.0100. The fourth-order valence-electron chi connectivity index (χ4n) is 2.52. The van der Waals surface area contributed by atoms with Crippen LogP contribution in [0.3, 0.4) is 0 Å². The van der Waals surface area contributed by atoms with Gasteiger partial charge < -0.3 is 34.8 Å². The zero-order chi connectivity index (χ0) is 10.6. The van der Waals surface area contributed by atoms with Crippen molar-refractivity contribution in [3.63, 3.8) is 0 Å². The summed E-state index contributed by atoms with van der Waals surface area (Å²) in [7, 11) is -3.70. The van der Waals surface area contributed by atoms with Gasteiger partial charge in [0.2, 0.25) is 12.5 Å². The van der Waals surface area contributed by atoms with Crippen LogP contribution in [-0.4, -0.2) is 60.6 Å². The molecule has 3 saturated heterocycles. The predicted molar refractivity (Wildman–Crippen MR) is 40.4 cm³/mol. The van der Waals surface area contributed by atoms with E-state index in [1.165, 1.54) is 0 Å². The van der Waals surface area contributed by atoms with Crippen LogP contribution in [0.25, 0.3) is 0 Å². The van der Waals surface area contributed by atoms with Gasteiger partial charge in [0.1, 0.15) is 12.2 Å². The number of hydrogen-bond donors (Lipinski definition) is 5. The van der Waals surface area contributed by atoms with Gasteiger partial charge in [0.25, 0.3) is 5.53 Å². The molecule has 0 aromatic heterocycles. The zero-order valence-corrected chi connectivity index (χ0v) is 7.76. The smallest absolute Gasteiger partial charge is 0.267 e. The van der Waals surface area contributed by atoms with Gasteiger partial charge in [0.15, 0.2) is 5.34 Å². The number of fused-ring (bicyclic) bond motifs is 2. The van der Waals surface area contributed by atoms with E-state index in [4.69, 9.17) is 9.84 Å². The van der Waals surface area contributed by atoms with Gasteiger partial charge in [-0.25, -0.2) is 0 Å². The number of ether oxygens (including phenoxy) is 1. The maximum atomic E-state index is 11.7. The van der Waals surface area contributed by atoms with Gasteiger partial charge in [-0.05, 0) is 0 Å². The Morgan fingerprint density at radius 2 is 1.86 bits per heavy atom. The summed E-state index contributed by atoms with van der Waals surface area (Å²) < 4.78 is 16.4. The fourth-order valence-corrected chi connectivity index (χ4v) is 6.46. The molecule has 8 heteroatoms. The summed E-state index contributed by atoms with van der Waals surface area (Å²) in [4.78, 5) is 0. The summed E-state index contributed by atoms with van der Waals surface area (Å²) in [6.07, 6.45) is -2.87. The molecule has 2 unspecified atom stereocenters. The normalized spacial score (nSPS) is 74.1. The lowest BCUT2D eigenvalue weighted by Crippen LogP contribution is -2.63. The average Bonchev–Trinajstić information content (AvgIpc) is 2.76. The van der Waals surface area contributed by atoms with E-state index < -0.39 is 42.2 Å². The molecule has 0 radical (unpaired) electrons. The second kappa shape index (κ2) is 1.82. The van der Waals surface area contributed by atoms with Crippen LogP contribution in [0.15, 0.2) is 0 Å². The Bertz CT molecular complexity index is 384. The molecule has 3 rings (SSSR count). The molecular weight excluding hydrogens is 215 g/mol. The lowest BCUT2D eigenvalue weighted by atomic mass is 9.99. The maximum Gasteiger partial charge on any atom is 0.267 e. The Morgan fingerprint density at radius 1 is 1.36 bits per heavy atom. The third-order valence-corrected chi connectivity index (χ3v) is 7.43. The number of hydrogen-bond acceptors (Lipinski definition) is 7. The predicted octanol–water partition coefficient (Wildman–Crippen LogP) is -2.85. The summed E-state index contributed by atoms with van der Waals surface area (Å²) in [6, 6.07) is 0. The lowest BCUT2D eigenvalue weighted by molar-refractivity contribution is -0.305. The molecule has 80 valence electrons. The van der Waals surface area contributed by atoms with E-state index in [1.807, 2.05) is 0 Å². The van der Waals surface area contributed by atoms with Crippen molar-refractivity contribution in [3.8, 4) is 0 Å². The van der Waals surface area contributed by atoms with Crippen LogP contribution < -0.4 is 0 Å². The van der Waals surface area contributed by atoms with Crippen LogP contribution >= 0.6 is 7.14 Å². The van der Waals surface area contributed by atoms with E-state index in [1.54, 1.807) is 0 Å². The summed E-state index contributed by atoms with van der Waals surface area (Å²) in [5.41, 5.74) is -2.26. The Balaban J connectivity index is 2.07. The molecule has 6 atom stereocenters. The second-order valence-electron chi connectivity index (χ2n) is 3.90. The van der Waals surface area contributed by atoms with Crippen molar-refractivity contribution in [2.75, 3.05) is 6.61 Å². The highest BCUT2D eigenvalue weighted by Crippen LogP contribution is 3.13. The van der Waals surface area contributed by atoms with Gasteiger partial charge in [-0.1, -0.05) is 0 Å². The summed E-state index contributed by atoms with van der Waals surface area (Å²) >= 11 is 0. The van der Waals surface area contributed by atoms with Crippen molar-refractivity contribution in [3.05, 3.63) is 0 Å². The van der Waals surface area contributed by atoms with E-state index in [2.05, 4.69) is 0 Å². The van der Waals surface area contributed by atoms with Gasteiger partial charge in [0, 0.05) is 0 Å². The van der Waals surface area contributed by atoms with Gasteiger partial charge in [0.05, 0.1) is 6.61 Å². The standard InChI is InChI=1S/C6H9O7P/c7-1-2-3(8)4(9)5(10)6(11,13-2)14(4,5)12/h2-3,7-11H,1H2/t2-,3+,4+,5-,6?,14?/m1/s1. The maximum absolute atomic E-state index is 11.7. The van der Waals surface area contributed by atoms with Crippen molar-refractivity contribution < 1.29 is 34.8 Å². The Kier molecular flexibility index (Phi) is 1.20. The first-order valence-corrected chi connectivity index (χ1v) is 5.78. The largest absolute Gasteiger partial charge is 0.394 e. The molecule has 7 nitrogen and oxygen atoms in total. The molecule has 0 aromatic rings. The molecule has 0 saturated carbocycles. The number of aliphatic hydroxyl groups is 5. The SMILES string of the molecule is O=P12C3(O)O[C@H](CO)[C@H](O)[C@@]1(O)[C@]32O. The minimum atomic E-state index is -3.70. The molecule has 5 N–H and O–H groups in total. The highest BCUT2D eigenvalue weighted by atomic mass is 31.2. The number of rotatable bonds is 1. The third kappa shape index (κ3) is 0.431. The van der Waals surface area contributed by atoms with Crippen LogP contribution in [0.2, 0.25) is 0 Å². The van der Waals surface area contributed by atoms with E-state index in [0.29, 0.717) is 0 Å². The molecule has 0 amide bonds. The molecule has 3 heterocycles. The second-order valence-corrected chi connectivity index (χ2v) is 7.05. The van der Waals surface area contributed by atoms with E-state index in [9.17, 15) is 25.0 Å². The quantitative estimate of drug-likeness (QED) is 0.303. The molecule has 3 aliphatic heterocycles. The molecule has 3 aliphatic rings. The minimum absolute atomic E-state index is 0.637. The fraction of sp³-hybridized carbons (Fsp3) is 1.00. The zero-order valence-electron chi connectivity index (χ0n) is 6.86. The topological polar surface area (TPSA) is 127 Å². The third-order valence-electron chi connectivity index (χ3n) is 3.49. The van der Waals surface area contributed by atoms with Crippen molar-refractivity contribution >= 4 is 7.14 Å². The molecule has 14 heavy (non-hydrogen) atoms. The van der Waals surface area contributed by atoms with Crippen LogP contribution in [-0.2, 0) is 9.30 Å². The van der Waals surface area contributed by atoms with Gasteiger partial charge in [-0.15, -0.1) is 0 Å². The Morgan fingerprint density at radius 3 is 2.29 bits per heavy atom. The van der Waals surface area contributed by atoms with Crippen molar-refractivity contribution in [2.24, 2.45) is 0 Å². The molecule has 3 fully saturated rings. The minimum Gasteiger partial charge on any atom is -0.394 e. The van der Waals surface area contributed by atoms with Crippen LogP contribution in [0.4, 0.5) is 0 Å². The average molecular weight is 224 g/mol. The highest BCUT2D eigenvalue weighted by Gasteiger charge is 3.20. The van der Waals surface area contributed by atoms with E-state index >= 15 is 0 Å². The highest BCUT2D eigenvalue weighted by molar-refractivity contribution is 7.85. The van der Waals surface area contributed by atoms with Crippen molar-refractivity contribution in [1.82, 2.24) is 0 Å². The van der Waals surface area contributed by atoms with E-state index in [0.717, 1.165) is 0 Å². The summed E-state index contributed by atoms with van der Waals surface area (Å²) in [5, 5.41) is 42.3. The molecule has 0 aliphatic carbocycles. The van der Waals surface area contributed by atoms with Crippen molar-refractivity contribution in [1.29, 1.82) is 0 Å². The molecule has 0 spiro atoms. The summed E-state index contributed by atoms with van der Waals surface area (Å²) in [6.45, 7) is -0.637. The number of aliphatic hydroxyl groups excluding tert-OH is 2. The van der Waals surface area contributed by atoms with Gasteiger partial charge in [-0.2, -0.15) is 0 Å². The monoisotopic (exact) mass is 224 g/mol. The van der Waals surface area contributed by atoms with Crippen LogP contribution in [0.5, 0.6) is 0 Å². The Labute approximate surface area is 77.9 Å². The first-order chi connectivity index (χ1) is 6.33. The lowest BCUT2D eigenvalue weighted by Gasteiger charge is -2.41. The van der Waals surface area contributed by atoms with E-state index in [-0.39, 0.29) is 0 Å². The first kappa shape index (κ1) is 9.23. The molecular formula is C6H9O7P. The van der Waals surface area contributed by atoms with Crippen LogP contribution in [0, 0.1) is 0 Å². The summed E-state index contributed by atoms with van der Waals surface area (Å²) in [5.74, 6) is 0. The molecule has 0 bridgehead atoms. The van der Waals surface area contributed by atoms with Crippen molar-refractivity contribution in [2.45, 2.75) is 28.4 Å². The first-order valence-electron chi connectivity index (χ1n) is 4.07.